The van der Waals surface area contributed by atoms with Gasteiger partial charge in [0.1, 0.15) is 6.33 Å². The Morgan fingerprint density at radius 3 is 3.00 bits per heavy atom. The first kappa shape index (κ1) is 12.5. The third-order valence-corrected chi connectivity index (χ3v) is 4.09. The maximum absolute atomic E-state index is 4.20. The van der Waals surface area contributed by atoms with Gasteiger partial charge in [0.15, 0.2) is 4.34 Å². The Balaban J connectivity index is 2.05. The van der Waals surface area contributed by atoms with Crippen molar-refractivity contribution in [2.75, 3.05) is 6.54 Å². The molecule has 2 rings (SSSR count). The fourth-order valence-corrected chi connectivity index (χ4v) is 2.98. The van der Waals surface area contributed by atoms with Crippen LogP contribution in [0.5, 0.6) is 0 Å². The predicted molar refractivity (Wildman–Crippen MR) is 72.5 cm³/mol. The van der Waals surface area contributed by atoms with Gasteiger partial charge in [-0.3, -0.25) is 0 Å². The fraction of sp³-hybridized carbons (Fsp3) is 0.333. The van der Waals surface area contributed by atoms with Crippen LogP contribution in [0.2, 0.25) is 0 Å². The van der Waals surface area contributed by atoms with Crippen LogP contribution in [0.25, 0.3) is 0 Å². The van der Waals surface area contributed by atoms with Crippen molar-refractivity contribution < 1.29 is 0 Å². The van der Waals surface area contributed by atoms with Crippen LogP contribution in [-0.4, -0.2) is 15.9 Å². The zero-order chi connectivity index (χ0) is 11.9. The van der Waals surface area contributed by atoms with Gasteiger partial charge < -0.3 is 5.32 Å². The fourth-order valence-electron chi connectivity index (χ4n) is 1.45. The van der Waals surface area contributed by atoms with Gasteiger partial charge in [-0.05, 0) is 36.1 Å². The van der Waals surface area contributed by atoms with Crippen molar-refractivity contribution >= 4 is 23.3 Å². The minimum atomic E-state index is 0.913. The Morgan fingerprint density at radius 2 is 2.24 bits per heavy atom. The van der Waals surface area contributed by atoms with Gasteiger partial charge in [0.05, 0.1) is 0 Å². The number of rotatable bonds is 6. The van der Waals surface area contributed by atoms with Crippen molar-refractivity contribution in [1.29, 1.82) is 0 Å². The van der Waals surface area contributed by atoms with E-state index >= 15 is 0 Å². The summed E-state index contributed by atoms with van der Waals surface area (Å²) in [5.41, 5.74) is 1.32. The Labute approximate surface area is 110 Å². The Hall–Kier alpha value is -0.910. The molecule has 1 aromatic heterocycles. The molecular formula is C12H15N3S2. The van der Waals surface area contributed by atoms with Crippen LogP contribution in [0.3, 0.4) is 0 Å². The molecule has 0 bridgehead atoms. The van der Waals surface area contributed by atoms with Crippen LogP contribution in [0.1, 0.15) is 18.9 Å². The van der Waals surface area contributed by atoms with E-state index in [2.05, 4.69) is 45.9 Å². The van der Waals surface area contributed by atoms with Gasteiger partial charge in [0.2, 0.25) is 0 Å². The molecule has 1 aromatic carbocycles. The van der Waals surface area contributed by atoms with Crippen LogP contribution >= 0.6 is 23.3 Å². The van der Waals surface area contributed by atoms with Crippen LogP contribution in [0, 0.1) is 0 Å². The van der Waals surface area contributed by atoms with Gasteiger partial charge in [-0.25, -0.2) is 4.98 Å². The van der Waals surface area contributed by atoms with Gasteiger partial charge in [0, 0.05) is 11.4 Å². The van der Waals surface area contributed by atoms with E-state index in [0.717, 1.165) is 23.8 Å². The molecule has 0 amide bonds. The van der Waals surface area contributed by atoms with Crippen LogP contribution in [0.15, 0.2) is 39.8 Å². The first-order chi connectivity index (χ1) is 8.40. The number of nitrogens with zero attached hydrogens (tertiary/aromatic N) is 2. The molecule has 0 aliphatic heterocycles. The number of hydrogen-bond acceptors (Lipinski definition) is 5. The molecule has 0 fully saturated rings. The van der Waals surface area contributed by atoms with Crippen molar-refractivity contribution in [3.05, 3.63) is 36.2 Å². The van der Waals surface area contributed by atoms with Gasteiger partial charge in [-0.2, -0.15) is 4.37 Å². The Kier molecular flexibility index (Phi) is 4.97. The largest absolute Gasteiger partial charge is 0.313 e. The molecule has 3 nitrogen and oxygen atoms in total. The summed E-state index contributed by atoms with van der Waals surface area (Å²) in [6.45, 7) is 4.14. The number of hydrogen-bond donors (Lipinski definition) is 1. The molecule has 0 saturated heterocycles. The average molecular weight is 265 g/mol. The van der Waals surface area contributed by atoms with E-state index in [1.807, 2.05) is 0 Å². The average Bonchev–Trinajstić information content (AvgIpc) is 2.84. The van der Waals surface area contributed by atoms with E-state index < -0.39 is 0 Å². The molecule has 0 atom stereocenters. The second kappa shape index (κ2) is 6.74. The number of benzene rings is 1. The molecule has 5 heteroatoms. The highest BCUT2D eigenvalue weighted by Gasteiger charge is 2.05. The van der Waals surface area contributed by atoms with Gasteiger partial charge in [0.25, 0.3) is 0 Å². The maximum Gasteiger partial charge on any atom is 0.174 e. The van der Waals surface area contributed by atoms with E-state index in [1.165, 1.54) is 22.0 Å². The third kappa shape index (κ3) is 3.80. The quantitative estimate of drug-likeness (QED) is 0.814. The van der Waals surface area contributed by atoms with Gasteiger partial charge in [-0.1, -0.05) is 36.9 Å². The molecular weight excluding hydrogens is 250 g/mol. The standard InChI is InChI=1S/C12H15N3S2/c1-2-7-13-8-10-5-3-4-6-11(10)16-12-14-9-15-17-12/h3-6,9,13H,2,7-8H2,1H3. The highest BCUT2D eigenvalue weighted by Crippen LogP contribution is 2.30. The summed E-state index contributed by atoms with van der Waals surface area (Å²) in [6, 6.07) is 8.43. The first-order valence-electron chi connectivity index (χ1n) is 5.63. The number of aromatic nitrogens is 2. The lowest BCUT2D eigenvalue weighted by Gasteiger charge is -2.08. The maximum atomic E-state index is 4.20. The van der Waals surface area contributed by atoms with Crippen molar-refractivity contribution in [1.82, 2.24) is 14.7 Å². The Morgan fingerprint density at radius 1 is 1.35 bits per heavy atom. The molecule has 0 spiro atoms. The Bertz CT molecular complexity index is 443. The smallest absolute Gasteiger partial charge is 0.174 e. The molecule has 2 aromatic rings. The van der Waals surface area contributed by atoms with Crippen molar-refractivity contribution in [2.24, 2.45) is 0 Å². The second-order valence-corrected chi connectivity index (χ2v) is 5.66. The molecule has 0 saturated carbocycles. The lowest BCUT2D eigenvalue weighted by Crippen LogP contribution is -2.14. The first-order valence-corrected chi connectivity index (χ1v) is 7.22. The zero-order valence-electron chi connectivity index (χ0n) is 9.72. The van der Waals surface area contributed by atoms with Crippen LogP contribution in [0.4, 0.5) is 0 Å². The molecule has 90 valence electrons. The zero-order valence-corrected chi connectivity index (χ0v) is 11.4. The van der Waals surface area contributed by atoms with Crippen molar-refractivity contribution in [3.8, 4) is 0 Å². The third-order valence-electron chi connectivity index (χ3n) is 2.25. The van der Waals surface area contributed by atoms with E-state index in [0.29, 0.717) is 0 Å². The highest BCUT2D eigenvalue weighted by molar-refractivity contribution is 8.01. The SMILES string of the molecule is CCCNCc1ccccc1Sc1ncns1. The van der Waals surface area contributed by atoms with E-state index in [-0.39, 0.29) is 0 Å². The molecule has 17 heavy (non-hydrogen) atoms. The minimum Gasteiger partial charge on any atom is -0.313 e. The van der Waals surface area contributed by atoms with E-state index in [1.54, 1.807) is 18.1 Å². The monoisotopic (exact) mass is 265 g/mol. The molecule has 0 aliphatic rings. The van der Waals surface area contributed by atoms with Crippen molar-refractivity contribution in [2.45, 2.75) is 29.1 Å². The van der Waals surface area contributed by atoms with Crippen LogP contribution < -0.4 is 5.32 Å². The molecule has 0 radical (unpaired) electrons. The summed E-state index contributed by atoms with van der Waals surface area (Å²) in [6.07, 6.45) is 2.76. The van der Waals surface area contributed by atoms with Crippen molar-refractivity contribution in [3.63, 3.8) is 0 Å². The summed E-state index contributed by atoms with van der Waals surface area (Å²) >= 11 is 3.12. The van der Waals surface area contributed by atoms with E-state index in [4.69, 9.17) is 0 Å². The summed E-state index contributed by atoms with van der Waals surface area (Å²) < 4.78 is 5.01. The second-order valence-electron chi connectivity index (χ2n) is 3.59. The molecule has 1 heterocycles. The summed E-state index contributed by atoms with van der Waals surface area (Å²) in [4.78, 5) is 5.46. The lowest BCUT2D eigenvalue weighted by atomic mass is 10.2. The predicted octanol–water partition coefficient (Wildman–Crippen LogP) is 3.19. The lowest BCUT2D eigenvalue weighted by molar-refractivity contribution is 0.669. The highest BCUT2D eigenvalue weighted by atomic mass is 32.2. The van der Waals surface area contributed by atoms with Crippen LogP contribution in [-0.2, 0) is 6.54 Å². The van der Waals surface area contributed by atoms with E-state index in [9.17, 15) is 0 Å². The molecule has 0 unspecified atom stereocenters. The minimum absolute atomic E-state index is 0.913. The van der Waals surface area contributed by atoms with Gasteiger partial charge >= 0.3 is 0 Å². The normalized spacial score (nSPS) is 10.6. The van der Waals surface area contributed by atoms with Gasteiger partial charge in [-0.15, -0.1) is 0 Å². The summed E-state index contributed by atoms with van der Waals surface area (Å²) in [5.74, 6) is 0. The molecule has 0 aliphatic carbocycles. The topological polar surface area (TPSA) is 37.8 Å². The summed E-state index contributed by atoms with van der Waals surface area (Å²) in [5, 5.41) is 3.43. The summed E-state index contributed by atoms with van der Waals surface area (Å²) in [7, 11) is 0. The number of nitrogens with one attached hydrogen (secondary N) is 1. The molecule has 1 N–H and O–H groups in total.